The van der Waals surface area contributed by atoms with Gasteiger partial charge in [0, 0.05) is 32.3 Å². The summed E-state index contributed by atoms with van der Waals surface area (Å²) in [7, 11) is 0. The van der Waals surface area contributed by atoms with Crippen LogP contribution in [0.5, 0.6) is 0 Å². The van der Waals surface area contributed by atoms with Gasteiger partial charge in [0.05, 0.1) is 0 Å². The Kier molecular flexibility index (Phi) is 7.17. The molecule has 0 radical (unpaired) electrons. The molecule has 0 unspecified atom stereocenters. The summed E-state index contributed by atoms with van der Waals surface area (Å²) in [6, 6.07) is 3.57. The lowest BCUT2D eigenvalue weighted by Gasteiger charge is -2.08. The molecule has 1 amide bonds. The Morgan fingerprint density at radius 3 is 2.95 bits per heavy atom. The van der Waals surface area contributed by atoms with E-state index in [0.717, 1.165) is 5.56 Å². The molecule has 0 saturated carbocycles. The van der Waals surface area contributed by atoms with Gasteiger partial charge in [0.2, 0.25) is 5.91 Å². The van der Waals surface area contributed by atoms with Crippen LogP contribution in [0.3, 0.4) is 0 Å². The monoisotopic (exact) mass is 293 g/mol. The first-order valence-corrected chi connectivity index (χ1v) is 6.93. The number of carbonyl (C=O) groups excluding carboxylic acids is 1. The summed E-state index contributed by atoms with van der Waals surface area (Å²) < 4.78 is 0. The van der Waals surface area contributed by atoms with Crippen LogP contribution in [-0.2, 0) is 11.3 Å². The molecule has 0 fully saturated rings. The van der Waals surface area contributed by atoms with Crippen molar-refractivity contribution in [3.05, 3.63) is 29.6 Å². The minimum atomic E-state index is -0.0232. The van der Waals surface area contributed by atoms with Crippen molar-refractivity contribution < 1.29 is 10.0 Å². The second kappa shape index (κ2) is 8.91. The minimum Gasteiger partial charge on any atom is -0.409 e. The minimum absolute atomic E-state index is 0.0232. The van der Waals surface area contributed by atoms with Crippen molar-refractivity contribution in [2.24, 2.45) is 16.8 Å². The molecule has 116 valence electrons. The fraction of sp³-hybridized carbons (Fsp3) is 0.500. The lowest BCUT2D eigenvalue weighted by Crippen LogP contribution is -2.30. The summed E-state index contributed by atoms with van der Waals surface area (Å²) in [6.45, 7) is 5.99. The van der Waals surface area contributed by atoms with Gasteiger partial charge in [-0.15, -0.1) is 0 Å². The van der Waals surface area contributed by atoms with Crippen molar-refractivity contribution in [2.75, 3.05) is 13.1 Å². The molecule has 0 aliphatic heterocycles. The maximum atomic E-state index is 11.5. The van der Waals surface area contributed by atoms with Crippen LogP contribution in [0.25, 0.3) is 0 Å². The van der Waals surface area contributed by atoms with Gasteiger partial charge in [0.15, 0.2) is 5.84 Å². The Balaban J connectivity index is 2.31. The van der Waals surface area contributed by atoms with E-state index in [2.05, 4.69) is 34.6 Å². The molecular weight excluding hydrogens is 270 g/mol. The standard InChI is InChI=1S/C14H23N5O2/c1-10(2)8-18-13(20)4-5-16-9-11-3-6-17-12(7-11)14(15)19-21/h3,6-7,10,16,21H,4-5,8-9H2,1-2H3,(H2,15,19)(H,18,20). The molecule has 21 heavy (non-hydrogen) atoms. The molecule has 1 aromatic rings. The molecule has 7 nitrogen and oxygen atoms in total. The highest BCUT2D eigenvalue weighted by atomic mass is 16.4. The number of pyridine rings is 1. The number of oxime groups is 1. The molecular formula is C14H23N5O2. The van der Waals surface area contributed by atoms with Gasteiger partial charge in [-0.05, 0) is 23.6 Å². The number of rotatable bonds is 8. The van der Waals surface area contributed by atoms with E-state index in [1.54, 1.807) is 12.3 Å². The van der Waals surface area contributed by atoms with Gasteiger partial charge in [-0.3, -0.25) is 9.78 Å². The third-order valence-corrected chi connectivity index (χ3v) is 2.76. The van der Waals surface area contributed by atoms with Crippen LogP contribution < -0.4 is 16.4 Å². The normalized spacial score (nSPS) is 11.7. The predicted molar refractivity (Wildman–Crippen MR) is 80.9 cm³/mol. The summed E-state index contributed by atoms with van der Waals surface area (Å²) in [5.41, 5.74) is 6.86. The third-order valence-electron chi connectivity index (χ3n) is 2.76. The number of carbonyl (C=O) groups is 1. The molecule has 7 heteroatoms. The number of aromatic nitrogens is 1. The van der Waals surface area contributed by atoms with Gasteiger partial charge in [-0.25, -0.2) is 0 Å². The first-order chi connectivity index (χ1) is 10.0. The Labute approximate surface area is 124 Å². The Morgan fingerprint density at radius 2 is 2.29 bits per heavy atom. The van der Waals surface area contributed by atoms with Crippen LogP contribution in [0.15, 0.2) is 23.5 Å². The van der Waals surface area contributed by atoms with E-state index in [9.17, 15) is 4.79 Å². The highest BCUT2D eigenvalue weighted by molar-refractivity contribution is 5.95. The zero-order valence-corrected chi connectivity index (χ0v) is 12.5. The number of nitrogens with two attached hydrogens (primary N) is 1. The molecule has 5 N–H and O–H groups in total. The van der Waals surface area contributed by atoms with Crippen LogP contribution in [0.4, 0.5) is 0 Å². The summed E-state index contributed by atoms with van der Waals surface area (Å²) >= 11 is 0. The van der Waals surface area contributed by atoms with E-state index < -0.39 is 0 Å². The van der Waals surface area contributed by atoms with Crippen molar-refractivity contribution in [3.63, 3.8) is 0 Å². The number of amides is 1. The topological polar surface area (TPSA) is 113 Å². The van der Waals surface area contributed by atoms with Gasteiger partial charge in [-0.1, -0.05) is 19.0 Å². The zero-order chi connectivity index (χ0) is 15.7. The molecule has 0 saturated heterocycles. The van der Waals surface area contributed by atoms with Gasteiger partial charge in [0.1, 0.15) is 5.69 Å². The number of nitrogens with zero attached hydrogens (tertiary/aromatic N) is 2. The third kappa shape index (κ3) is 6.71. The molecule has 0 aliphatic carbocycles. The number of hydrogen-bond donors (Lipinski definition) is 4. The van der Waals surface area contributed by atoms with E-state index in [4.69, 9.17) is 10.9 Å². The molecule has 1 rings (SSSR count). The molecule has 0 aliphatic rings. The summed E-state index contributed by atoms with van der Waals surface area (Å²) in [6.07, 6.45) is 2.03. The van der Waals surface area contributed by atoms with Crippen molar-refractivity contribution >= 4 is 11.7 Å². The van der Waals surface area contributed by atoms with Crippen molar-refractivity contribution in [1.82, 2.24) is 15.6 Å². The van der Waals surface area contributed by atoms with E-state index in [1.165, 1.54) is 0 Å². The van der Waals surface area contributed by atoms with Crippen LogP contribution in [0, 0.1) is 5.92 Å². The molecule has 1 heterocycles. The maximum absolute atomic E-state index is 11.5. The predicted octanol–water partition coefficient (Wildman–Crippen LogP) is 0.428. The summed E-state index contributed by atoms with van der Waals surface area (Å²) in [4.78, 5) is 15.5. The Bertz CT molecular complexity index is 488. The summed E-state index contributed by atoms with van der Waals surface area (Å²) in [5, 5.41) is 17.6. The first kappa shape index (κ1) is 16.9. The fourth-order valence-electron chi connectivity index (χ4n) is 1.62. The van der Waals surface area contributed by atoms with Gasteiger partial charge < -0.3 is 21.6 Å². The Morgan fingerprint density at radius 1 is 1.52 bits per heavy atom. The van der Waals surface area contributed by atoms with Crippen LogP contribution in [-0.4, -0.2) is 35.0 Å². The largest absolute Gasteiger partial charge is 0.409 e. The SMILES string of the molecule is CC(C)CNC(=O)CCNCc1ccnc(/C(N)=N/O)c1. The van der Waals surface area contributed by atoms with Crippen LogP contribution in [0.2, 0.25) is 0 Å². The molecule has 0 aromatic carbocycles. The second-order valence-corrected chi connectivity index (χ2v) is 5.16. The van der Waals surface area contributed by atoms with E-state index in [0.29, 0.717) is 37.7 Å². The van der Waals surface area contributed by atoms with Gasteiger partial charge in [-0.2, -0.15) is 0 Å². The average Bonchev–Trinajstić information content (AvgIpc) is 2.49. The van der Waals surface area contributed by atoms with E-state index >= 15 is 0 Å². The molecule has 0 bridgehead atoms. The Hall–Kier alpha value is -2.15. The number of nitrogens with one attached hydrogen (secondary N) is 2. The van der Waals surface area contributed by atoms with Crippen molar-refractivity contribution in [3.8, 4) is 0 Å². The average molecular weight is 293 g/mol. The molecule has 1 aromatic heterocycles. The molecule has 0 atom stereocenters. The highest BCUT2D eigenvalue weighted by Crippen LogP contribution is 2.01. The summed E-state index contributed by atoms with van der Waals surface area (Å²) in [5.74, 6) is 0.476. The van der Waals surface area contributed by atoms with Gasteiger partial charge in [0.25, 0.3) is 0 Å². The fourth-order valence-corrected chi connectivity index (χ4v) is 1.62. The van der Waals surface area contributed by atoms with E-state index in [1.807, 2.05) is 6.07 Å². The number of hydrogen-bond acceptors (Lipinski definition) is 5. The van der Waals surface area contributed by atoms with Crippen LogP contribution >= 0.6 is 0 Å². The first-order valence-electron chi connectivity index (χ1n) is 6.93. The lowest BCUT2D eigenvalue weighted by molar-refractivity contribution is -0.121. The smallest absolute Gasteiger partial charge is 0.221 e. The zero-order valence-electron chi connectivity index (χ0n) is 12.5. The molecule has 0 spiro atoms. The number of amidine groups is 1. The highest BCUT2D eigenvalue weighted by Gasteiger charge is 2.04. The van der Waals surface area contributed by atoms with Crippen LogP contribution in [0.1, 0.15) is 31.5 Å². The maximum Gasteiger partial charge on any atom is 0.221 e. The van der Waals surface area contributed by atoms with Gasteiger partial charge >= 0.3 is 0 Å². The van der Waals surface area contributed by atoms with Crippen molar-refractivity contribution in [2.45, 2.75) is 26.8 Å². The second-order valence-electron chi connectivity index (χ2n) is 5.16. The van der Waals surface area contributed by atoms with Crippen molar-refractivity contribution in [1.29, 1.82) is 0 Å². The quantitative estimate of drug-likeness (QED) is 0.182. The van der Waals surface area contributed by atoms with E-state index in [-0.39, 0.29) is 11.7 Å². The lowest BCUT2D eigenvalue weighted by atomic mass is 10.2.